The van der Waals surface area contributed by atoms with Crippen LogP contribution < -0.4 is 10.6 Å². The predicted molar refractivity (Wildman–Crippen MR) is 52.7 cm³/mol. The lowest BCUT2D eigenvalue weighted by molar-refractivity contribution is -0.142. The number of esters is 1. The van der Waals surface area contributed by atoms with Crippen LogP contribution in [0.5, 0.6) is 0 Å². The standard InChI is InChI=1S/C10H12N2O2/c1-14-10(13)9-11-6-7-4-2-3-5-8(7)12-9/h2-5,9,11-12H,6H2,1H3. The van der Waals surface area contributed by atoms with Gasteiger partial charge in [-0.3, -0.25) is 5.32 Å². The van der Waals surface area contributed by atoms with Gasteiger partial charge in [0, 0.05) is 12.2 Å². The fraction of sp³-hybridized carbons (Fsp3) is 0.300. The molecule has 0 spiro atoms. The average Bonchev–Trinajstić information content (AvgIpc) is 2.27. The molecule has 1 aliphatic rings. The number of hydrogen-bond acceptors (Lipinski definition) is 4. The molecule has 0 saturated carbocycles. The maximum absolute atomic E-state index is 11.2. The smallest absolute Gasteiger partial charge is 0.343 e. The number of benzene rings is 1. The second kappa shape index (κ2) is 3.67. The van der Waals surface area contributed by atoms with Crippen LogP contribution >= 0.6 is 0 Å². The summed E-state index contributed by atoms with van der Waals surface area (Å²) in [5.74, 6) is -0.292. The minimum atomic E-state index is -0.435. The van der Waals surface area contributed by atoms with Crippen molar-refractivity contribution in [3.8, 4) is 0 Å². The molecule has 1 aromatic rings. The monoisotopic (exact) mass is 192 g/mol. The van der Waals surface area contributed by atoms with Crippen LogP contribution in [0, 0.1) is 0 Å². The molecule has 2 N–H and O–H groups in total. The van der Waals surface area contributed by atoms with E-state index >= 15 is 0 Å². The predicted octanol–water partition coefficient (Wildman–Crippen LogP) is 0.701. The van der Waals surface area contributed by atoms with Gasteiger partial charge in [0.05, 0.1) is 7.11 Å². The van der Waals surface area contributed by atoms with Crippen LogP contribution in [0.25, 0.3) is 0 Å². The highest BCUT2D eigenvalue weighted by molar-refractivity contribution is 5.79. The molecule has 1 aliphatic heterocycles. The van der Waals surface area contributed by atoms with E-state index in [-0.39, 0.29) is 5.97 Å². The maximum atomic E-state index is 11.2. The number of para-hydroxylation sites is 1. The van der Waals surface area contributed by atoms with Crippen LogP contribution in [0.4, 0.5) is 5.69 Å². The minimum absolute atomic E-state index is 0.292. The zero-order valence-corrected chi connectivity index (χ0v) is 7.91. The molecular formula is C10H12N2O2. The summed E-state index contributed by atoms with van der Waals surface area (Å²) in [6, 6.07) is 7.88. The molecule has 1 atom stereocenters. The molecule has 0 aliphatic carbocycles. The van der Waals surface area contributed by atoms with Crippen molar-refractivity contribution in [3.63, 3.8) is 0 Å². The third kappa shape index (κ3) is 1.56. The molecule has 1 heterocycles. The Kier molecular flexibility index (Phi) is 2.37. The Bertz CT molecular complexity index is 352. The highest BCUT2D eigenvalue weighted by Crippen LogP contribution is 2.19. The Morgan fingerprint density at radius 1 is 1.50 bits per heavy atom. The largest absolute Gasteiger partial charge is 0.466 e. The van der Waals surface area contributed by atoms with Crippen LogP contribution in [-0.2, 0) is 16.1 Å². The molecule has 4 heteroatoms. The van der Waals surface area contributed by atoms with Gasteiger partial charge in [-0.2, -0.15) is 0 Å². The summed E-state index contributed by atoms with van der Waals surface area (Å²) >= 11 is 0. The van der Waals surface area contributed by atoms with Crippen molar-refractivity contribution in [3.05, 3.63) is 29.8 Å². The zero-order chi connectivity index (χ0) is 9.97. The summed E-state index contributed by atoms with van der Waals surface area (Å²) in [5, 5.41) is 6.10. The lowest BCUT2D eigenvalue weighted by atomic mass is 10.1. The second-order valence-electron chi connectivity index (χ2n) is 3.14. The molecule has 0 aromatic heterocycles. The minimum Gasteiger partial charge on any atom is -0.466 e. The molecule has 74 valence electrons. The van der Waals surface area contributed by atoms with Crippen molar-refractivity contribution < 1.29 is 9.53 Å². The third-order valence-electron chi connectivity index (χ3n) is 2.25. The van der Waals surface area contributed by atoms with Crippen molar-refractivity contribution in [2.75, 3.05) is 12.4 Å². The van der Waals surface area contributed by atoms with Crippen molar-refractivity contribution in [2.24, 2.45) is 0 Å². The molecule has 0 fully saturated rings. The summed E-state index contributed by atoms with van der Waals surface area (Å²) in [7, 11) is 1.38. The Morgan fingerprint density at radius 3 is 3.07 bits per heavy atom. The summed E-state index contributed by atoms with van der Waals surface area (Å²) in [6.07, 6.45) is -0.435. The average molecular weight is 192 g/mol. The van der Waals surface area contributed by atoms with Gasteiger partial charge in [-0.25, -0.2) is 4.79 Å². The Balaban J connectivity index is 2.17. The first kappa shape index (κ1) is 9.02. The molecule has 1 unspecified atom stereocenters. The SMILES string of the molecule is COC(=O)C1NCc2ccccc2N1. The topological polar surface area (TPSA) is 50.4 Å². The van der Waals surface area contributed by atoms with Gasteiger partial charge >= 0.3 is 5.97 Å². The molecule has 0 radical (unpaired) electrons. The molecule has 0 saturated heterocycles. The van der Waals surface area contributed by atoms with Gasteiger partial charge in [0.25, 0.3) is 0 Å². The van der Waals surface area contributed by atoms with Crippen LogP contribution in [0.1, 0.15) is 5.56 Å². The van der Waals surface area contributed by atoms with Crippen molar-refractivity contribution in [1.82, 2.24) is 5.32 Å². The number of carbonyl (C=O) groups is 1. The Labute approximate surface area is 82.3 Å². The highest BCUT2D eigenvalue weighted by atomic mass is 16.5. The first-order chi connectivity index (χ1) is 6.81. The second-order valence-corrected chi connectivity index (χ2v) is 3.14. The van der Waals surface area contributed by atoms with Crippen molar-refractivity contribution >= 4 is 11.7 Å². The quantitative estimate of drug-likeness (QED) is 0.643. The van der Waals surface area contributed by atoms with Gasteiger partial charge in [-0.1, -0.05) is 18.2 Å². The lowest BCUT2D eigenvalue weighted by Crippen LogP contribution is -2.46. The van der Waals surface area contributed by atoms with Crippen LogP contribution in [0.15, 0.2) is 24.3 Å². The lowest BCUT2D eigenvalue weighted by Gasteiger charge is -2.26. The van der Waals surface area contributed by atoms with Crippen molar-refractivity contribution in [1.29, 1.82) is 0 Å². The maximum Gasteiger partial charge on any atom is 0.343 e. The molecule has 14 heavy (non-hydrogen) atoms. The number of ether oxygens (including phenoxy) is 1. The number of anilines is 1. The molecule has 0 amide bonds. The number of fused-ring (bicyclic) bond motifs is 1. The number of rotatable bonds is 1. The van der Waals surface area contributed by atoms with Gasteiger partial charge in [-0.05, 0) is 11.6 Å². The van der Waals surface area contributed by atoms with Gasteiger partial charge in [0.15, 0.2) is 6.17 Å². The third-order valence-corrected chi connectivity index (χ3v) is 2.25. The van der Waals surface area contributed by atoms with E-state index in [1.54, 1.807) is 0 Å². The van der Waals surface area contributed by atoms with E-state index in [1.807, 2.05) is 24.3 Å². The zero-order valence-electron chi connectivity index (χ0n) is 7.91. The van der Waals surface area contributed by atoms with E-state index in [9.17, 15) is 4.79 Å². The van der Waals surface area contributed by atoms with Crippen LogP contribution in [0.3, 0.4) is 0 Å². The first-order valence-electron chi connectivity index (χ1n) is 4.47. The normalized spacial score (nSPS) is 19.4. The summed E-state index contributed by atoms with van der Waals surface area (Å²) in [5.41, 5.74) is 2.15. The van der Waals surface area contributed by atoms with E-state index < -0.39 is 6.17 Å². The van der Waals surface area contributed by atoms with E-state index in [2.05, 4.69) is 15.4 Å². The summed E-state index contributed by atoms with van der Waals surface area (Å²) in [4.78, 5) is 11.2. The van der Waals surface area contributed by atoms with Crippen LogP contribution in [-0.4, -0.2) is 19.2 Å². The van der Waals surface area contributed by atoms with E-state index in [4.69, 9.17) is 0 Å². The Hall–Kier alpha value is -1.55. The number of nitrogens with one attached hydrogen (secondary N) is 2. The van der Waals surface area contributed by atoms with Crippen LogP contribution in [0.2, 0.25) is 0 Å². The molecule has 2 rings (SSSR count). The Morgan fingerprint density at radius 2 is 2.29 bits per heavy atom. The van der Waals surface area contributed by atoms with Gasteiger partial charge in [-0.15, -0.1) is 0 Å². The number of hydrogen-bond donors (Lipinski definition) is 2. The summed E-state index contributed by atoms with van der Waals surface area (Å²) < 4.78 is 4.64. The number of methoxy groups -OCH3 is 1. The molecular weight excluding hydrogens is 180 g/mol. The van der Waals surface area contributed by atoms with Gasteiger partial charge in [0.2, 0.25) is 0 Å². The van der Waals surface area contributed by atoms with Gasteiger partial charge < -0.3 is 10.1 Å². The molecule has 1 aromatic carbocycles. The first-order valence-corrected chi connectivity index (χ1v) is 4.47. The fourth-order valence-corrected chi connectivity index (χ4v) is 1.49. The molecule has 0 bridgehead atoms. The molecule has 4 nitrogen and oxygen atoms in total. The van der Waals surface area contributed by atoms with Crippen molar-refractivity contribution in [2.45, 2.75) is 12.7 Å². The van der Waals surface area contributed by atoms with E-state index in [0.717, 1.165) is 11.3 Å². The van der Waals surface area contributed by atoms with Gasteiger partial charge in [0.1, 0.15) is 0 Å². The van der Waals surface area contributed by atoms with E-state index in [0.29, 0.717) is 6.54 Å². The fourth-order valence-electron chi connectivity index (χ4n) is 1.49. The van der Waals surface area contributed by atoms with E-state index in [1.165, 1.54) is 7.11 Å². The highest BCUT2D eigenvalue weighted by Gasteiger charge is 2.23. The number of carbonyl (C=O) groups excluding carboxylic acids is 1. The summed E-state index contributed by atoms with van der Waals surface area (Å²) in [6.45, 7) is 0.683.